The summed E-state index contributed by atoms with van der Waals surface area (Å²) in [6.45, 7) is 4.43. The standard InChI is InChI=1S/C19H20N2O2/c1-13-8-14(2)10-16(9-13)20-19(23)15-11-18(22)21(12-15)17-6-4-3-5-7-17/h3-10,15H,11-12H2,1-2H3,(H,20,23)/t15-/m0/s1. The number of aryl methyl sites for hydroxylation is 2. The van der Waals surface area contributed by atoms with Gasteiger partial charge in [-0.2, -0.15) is 0 Å². The van der Waals surface area contributed by atoms with Crippen LogP contribution in [0.5, 0.6) is 0 Å². The van der Waals surface area contributed by atoms with Crippen LogP contribution in [0.4, 0.5) is 11.4 Å². The summed E-state index contributed by atoms with van der Waals surface area (Å²) in [5.74, 6) is -0.415. The van der Waals surface area contributed by atoms with Gasteiger partial charge in [-0.1, -0.05) is 24.3 Å². The highest BCUT2D eigenvalue weighted by Crippen LogP contribution is 2.26. The molecule has 2 aromatic carbocycles. The monoisotopic (exact) mass is 308 g/mol. The molecule has 0 saturated carbocycles. The number of carbonyl (C=O) groups excluding carboxylic acids is 2. The highest BCUT2D eigenvalue weighted by molar-refractivity contribution is 6.03. The normalized spacial score (nSPS) is 17.4. The maximum atomic E-state index is 12.5. The number of benzene rings is 2. The summed E-state index contributed by atoms with van der Waals surface area (Å²) in [5.41, 5.74) is 3.85. The second-order valence-electron chi connectivity index (χ2n) is 6.11. The van der Waals surface area contributed by atoms with Gasteiger partial charge in [-0.15, -0.1) is 0 Å². The van der Waals surface area contributed by atoms with Crippen molar-refractivity contribution < 1.29 is 9.59 Å². The van der Waals surface area contributed by atoms with Gasteiger partial charge in [0.25, 0.3) is 0 Å². The first-order valence-electron chi connectivity index (χ1n) is 7.77. The molecule has 0 aliphatic carbocycles. The van der Waals surface area contributed by atoms with E-state index in [-0.39, 0.29) is 24.2 Å². The zero-order valence-electron chi connectivity index (χ0n) is 13.4. The Hall–Kier alpha value is -2.62. The number of para-hydroxylation sites is 1. The fourth-order valence-electron chi connectivity index (χ4n) is 3.03. The maximum Gasteiger partial charge on any atom is 0.229 e. The Kier molecular flexibility index (Phi) is 4.15. The molecule has 1 atom stereocenters. The van der Waals surface area contributed by atoms with Gasteiger partial charge in [0.15, 0.2) is 0 Å². The van der Waals surface area contributed by atoms with Gasteiger partial charge in [0, 0.05) is 24.3 Å². The van der Waals surface area contributed by atoms with E-state index in [1.807, 2.05) is 56.3 Å². The van der Waals surface area contributed by atoms with Gasteiger partial charge in [0.05, 0.1) is 5.92 Å². The van der Waals surface area contributed by atoms with E-state index >= 15 is 0 Å². The largest absolute Gasteiger partial charge is 0.326 e. The van der Waals surface area contributed by atoms with Crippen LogP contribution in [0.25, 0.3) is 0 Å². The Morgan fingerprint density at radius 1 is 1.09 bits per heavy atom. The SMILES string of the molecule is Cc1cc(C)cc(NC(=O)[C@H]2CC(=O)N(c3ccccc3)C2)c1. The highest BCUT2D eigenvalue weighted by Gasteiger charge is 2.35. The summed E-state index contributed by atoms with van der Waals surface area (Å²) in [6, 6.07) is 15.4. The third-order valence-electron chi connectivity index (χ3n) is 4.05. The Labute approximate surface area is 136 Å². The van der Waals surface area contributed by atoms with Crippen LogP contribution >= 0.6 is 0 Å². The molecule has 2 aromatic rings. The van der Waals surface area contributed by atoms with Gasteiger partial charge >= 0.3 is 0 Å². The van der Waals surface area contributed by atoms with E-state index in [1.165, 1.54) is 0 Å². The zero-order chi connectivity index (χ0) is 16.4. The number of anilines is 2. The Balaban J connectivity index is 1.70. The van der Waals surface area contributed by atoms with Gasteiger partial charge in [0.2, 0.25) is 11.8 Å². The van der Waals surface area contributed by atoms with Gasteiger partial charge in [0.1, 0.15) is 0 Å². The molecule has 1 fully saturated rings. The number of nitrogens with one attached hydrogen (secondary N) is 1. The lowest BCUT2D eigenvalue weighted by atomic mass is 10.1. The number of hydrogen-bond acceptors (Lipinski definition) is 2. The van der Waals surface area contributed by atoms with E-state index in [4.69, 9.17) is 0 Å². The quantitative estimate of drug-likeness (QED) is 0.946. The van der Waals surface area contributed by atoms with Crippen LogP contribution in [-0.2, 0) is 9.59 Å². The minimum absolute atomic E-state index is 0.00299. The molecule has 118 valence electrons. The number of nitrogens with zero attached hydrogens (tertiary/aromatic N) is 1. The minimum Gasteiger partial charge on any atom is -0.326 e. The fraction of sp³-hybridized carbons (Fsp3) is 0.263. The van der Waals surface area contributed by atoms with Crippen LogP contribution in [0, 0.1) is 19.8 Å². The predicted molar refractivity (Wildman–Crippen MR) is 91.4 cm³/mol. The van der Waals surface area contributed by atoms with Crippen molar-refractivity contribution in [2.45, 2.75) is 20.3 Å². The summed E-state index contributed by atoms with van der Waals surface area (Å²) in [5, 5.41) is 2.94. The second-order valence-corrected chi connectivity index (χ2v) is 6.11. The molecule has 1 aliphatic heterocycles. The summed E-state index contributed by atoms with van der Waals surface area (Å²) in [6.07, 6.45) is 0.255. The van der Waals surface area contributed by atoms with E-state index in [0.29, 0.717) is 6.54 Å². The molecule has 0 spiro atoms. The van der Waals surface area contributed by atoms with Crippen LogP contribution in [0.15, 0.2) is 48.5 Å². The molecule has 0 aromatic heterocycles. The van der Waals surface area contributed by atoms with Gasteiger partial charge in [-0.25, -0.2) is 0 Å². The topological polar surface area (TPSA) is 49.4 Å². The molecular formula is C19H20N2O2. The number of rotatable bonds is 3. The van der Waals surface area contributed by atoms with Crippen LogP contribution in [0.2, 0.25) is 0 Å². The van der Waals surface area contributed by atoms with Crippen molar-refractivity contribution in [2.75, 3.05) is 16.8 Å². The maximum absolute atomic E-state index is 12.5. The van der Waals surface area contributed by atoms with Crippen molar-refractivity contribution in [3.63, 3.8) is 0 Å². The van der Waals surface area contributed by atoms with Crippen molar-refractivity contribution in [2.24, 2.45) is 5.92 Å². The molecule has 0 bridgehead atoms. The first-order valence-corrected chi connectivity index (χ1v) is 7.77. The summed E-state index contributed by atoms with van der Waals surface area (Å²) < 4.78 is 0. The Morgan fingerprint density at radius 3 is 2.39 bits per heavy atom. The molecule has 1 saturated heterocycles. The zero-order valence-corrected chi connectivity index (χ0v) is 13.4. The van der Waals surface area contributed by atoms with Crippen LogP contribution < -0.4 is 10.2 Å². The lowest BCUT2D eigenvalue weighted by Crippen LogP contribution is -2.28. The molecule has 0 radical (unpaired) electrons. The van der Waals surface area contributed by atoms with Crippen molar-refractivity contribution in [1.82, 2.24) is 0 Å². The minimum atomic E-state index is -0.316. The Bertz CT molecular complexity index is 720. The first kappa shape index (κ1) is 15.3. The summed E-state index contributed by atoms with van der Waals surface area (Å²) in [4.78, 5) is 26.4. The molecule has 1 N–H and O–H groups in total. The summed E-state index contributed by atoms with van der Waals surface area (Å²) in [7, 11) is 0. The third-order valence-corrected chi connectivity index (χ3v) is 4.05. The van der Waals surface area contributed by atoms with E-state index in [1.54, 1.807) is 4.90 Å². The van der Waals surface area contributed by atoms with Crippen molar-refractivity contribution in [3.05, 3.63) is 59.7 Å². The lowest BCUT2D eigenvalue weighted by molar-refractivity contribution is -0.122. The van der Waals surface area contributed by atoms with Crippen molar-refractivity contribution >= 4 is 23.2 Å². The fourth-order valence-corrected chi connectivity index (χ4v) is 3.03. The van der Waals surface area contributed by atoms with E-state index in [0.717, 1.165) is 22.5 Å². The molecule has 23 heavy (non-hydrogen) atoms. The molecular weight excluding hydrogens is 288 g/mol. The molecule has 4 nitrogen and oxygen atoms in total. The number of amides is 2. The lowest BCUT2D eigenvalue weighted by Gasteiger charge is -2.16. The van der Waals surface area contributed by atoms with E-state index in [9.17, 15) is 9.59 Å². The molecule has 1 aliphatic rings. The van der Waals surface area contributed by atoms with E-state index in [2.05, 4.69) is 11.4 Å². The Morgan fingerprint density at radius 2 is 1.74 bits per heavy atom. The van der Waals surface area contributed by atoms with Crippen molar-refractivity contribution in [1.29, 1.82) is 0 Å². The molecule has 4 heteroatoms. The smallest absolute Gasteiger partial charge is 0.229 e. The summed E-state index contributed by atoms with van der Waals surface area (Å²) >= 11 is 0. The highest BCUT2D eigenvalue weighted by atomic mass is 16.2. The van der Waals surface area contributed by atoms with Crippen molar-refractivity contribution in [3.8, 4) is 0 Å². The third kappa shape index (κ3) is 3.42. The van der Waals surface area contributed by atoms with Gasteiger partial charge in [-0.3, -0.25) is 9.59 Å². The molecule has 3 rings (SSSR count). The van der Waals surface area contributed by atoms with Crippen LogP contribution in [0.3, 0.4) is 0 Å². The van der Waals surface area contributed by atoms with Crippen LogP contribution in [-0.4, -0.2) is 18.4 Å². The average Bonchev–Trinajstić information content (AvgIpc) is 2.89. The van der Waals surface area contributed by atoms with Gasteiger partial charge < -0.3 is 10.2 Å². The van der Waals surface area contributed by atoms with E-state index < -0.39 is 0 Å². The molecule has 0 unspecified atom stereocenters. The second kappa shape index (κ2) is 6.24. The predicted octanol–water partition coefficient (Wildman–Crippen LogP) is 3.30. The van der Waals surface area contributed by atoms with Gasteiger partial charge in [-0.05, 0) is 49.2 Å². The molecule has 2 amide bonds. The average molecular weight is 308 g/mol. The first-order chi connectivity index (χ1) is 11.0. The number of carbonyl (C=O) groups is 2. The van der Waals surface area contributed by atoms with Crippen LogP contribution in [0.1, 0.15) is 17.5 Å². The number of hydrogen-bond donors (Lipinski definition) is 1. The molecule has 1 heterocycles.